The van der Waals surface area contributed by atoms with Crippen molar-refractivity contribution in [1.82, 2.24) is 4.90 Å². The normalized spacial score (nSPS) is 15.4. The Balaban J connectivity index is 1.59. The highest BCUT2D eigenvalue weighted by Crippen LogP contribution is 2.18. The number of benzene rings is 2. The van der Waals surface area contributed by atoms with Crippen molar-refractivity contribution >= 4 is 17.6 Å². The first kappa shape index (κ1) is 19.1. The van der Waals surface area contributed by atoms with Crippen molar-refractivity contribution in [2.24, 2.45) is 5.92 Å². The highest BCUT2D eigenvalue weighted by molar-refractivity contribution is 6.05. The minimum atomic E-state index is -1.04. The lowest BCUT2D eigenvalue weighted by Gasteiger charge is -2.30. The van der Waals surface area contributed by atoms with E-state index < -0.39 is 5.97 Å². The van der Waals surface area contributed by atoms with Crippen LogP contribution in [0.15, 0.2) is 48.5 Å². The van der Waals surface area contributed by atoms with Gasteiger partial charge >= 0.3 is 5.97 Å². The van der Waals surface area contributed by atoms with E-state index in [9.17, 15) is 9.59 Å². The van der Waals surface area contributed by atoms with Crippen molar-refractivity contribution in [1.29, 1.82) is 0 Å². The van der Waals surface area contributed by atoms with E-state index in [1.807, 2.05) is 18.2 Å². The fourth-order valence-electron chi connectivity index (χ4n) is 3.37. The topological polar surface area (TPSA) is 69.6 Å². The Labute approximate surface area is 160 Å². The number of hydrogen-bond donors (Lipinski definition) is 2. The van der Waals surface area contributed by atoms with Gasteiger partial charge in [0.05, 0.1) is 5.56 Å². The first-order chi connectivity index (χ1) is 13.0. The molecule has 1 aliphatic rings. The zero-order valence-electron chi connectivity index (χ0n) is 15.6. The average molecular weight is 366 g/mol. The maximum Gasteiger partial charge on any atom is 0.335 e. The summed E-state index contributed by atoms with van der Waals surface area (Å²) in [5.41, 5.74) is 2.35. The van der Waals surface area contributed by atoms with Gasteiger partial charge in [-0.3, -0.25) is 4.79 Å². The number of carboxylic acids is 1. The Morgan fingerprint density at radius 1 is 1.07 bits per heavy atom. The molecule has 0 radical (unpaired) electrons. The first-order valence-electron chi connectivity index (χ1n) is 9.47. The summed E-state index contributed by atoms with van der Waals surface area (Å²) in [4.78, 5) is 26.0. The standard InChI is InChI=1S/C22H26N2O3/c1-16-8-11-24(12-9-16)13-10-17-4-2-7-20(14-17)23-21(25)18-5-3-6-19(15-18)22(26)27/h2-7,14-16H,8-13H2,1H3,(H,23,25)(H,26,27). The summed E-state index contributed by atoms with van der Waals surface area (Å²) in [7, 11) is 0. The molecule has 0 aromatic heterocycles. The van der Waals surface area contributed by atoms with Crippen LogP contribution in [0.1, 0.15) is 46.0 Å². The molecule has 2 N–H and O–H groups in total. The zero-order chi connectivity index (χ0) is 19.2. The number of nitrogens with one attached hydrogen (secondary N) is 1. The fourth-order valence-corrected chi connectivity index (χ4v) is 3.37. The maximum absolute atomic E-state index is 12.4. The van der Waals surface area contributed by atoms with Crippen molar-refractivity contribution < 1.29 is 14.7 Å². The van der Waals surface area contributed by atoms with Gasteiger partial charge in [-0.05, 0) is 74.2 Å². The molecule has 5 nitrogen and oxygen atoms in total. The van der Waals surface area contributed by atoms with Gasteiger partial charge in [0.15, 0.2) is 0 Å². The van der Waals surface area contributed by atoms with Crippen LogP contribution in [0.25, 0.3) is 0 Å². The third-order valence-corrected chi connectivity index (χ3v) is 5.15. The van der Waals surface area contributed by atoms with Crippen LogP contribution >= 0.6 is 0 Å². The quantitative estimate of drug-likeness (QED) is 0.813. The minimum absolute atomic E-state index is 0.104. The van der Waals surface area contributed by atoms with E-state index in [1.54, 1.807) is 12.1 Å². The second kappa shape index (κ2) is 8.82. The number of rotatable bonds is 6. The third kappa shape index (κ3) is 5.41. The van der Waals surface area contributed by atoms with Crippen molar-refractivity contribution in [3.8, 4) is 0 Å². The molecule has 3 rings (SSSR count). The van der Waals surface area contributed by atoms with Crippen molar-refractivity contribution in [3.63, 3.8) is 0 Å². The molecule has 0 unspecified atom stereocenters. The predicted octanol–water partition coefficient (Wildman–Crippen LogP) is 3.91. The average Bonchev–Trinajstić information content (AvgIpc) is 2.68. The molecule has 2 aromatic carbocycles. The lowest BCUT2D eigenvalue weighted by atomic mass is 9.99. The van der Waals surface area contributed by atoms with Crippen LogP contribution in [0.5, 0.6) is 0 Å². The van der Waals surface area contributed by atoms with E-state index >= 15 is 0 Å². The highest BCUT2D eigenvalue weighted by Gasteiger charge is 2.15. The van der Waals surface area contributed by atoms with Gasteiger partial charge in [-0.2, -0.15) is 0 Å². The summed E-state index contributed by atoms with van der Waals surface area (Å²) in [6.45, 7) is 5.68. The lowest BCUT2D eigenvalue weighted by molar-refractivity contribution is 0.0697. The number of carboxylic acid groups (broad SMARTS) is 1. The Bertz CT molecular complexity index is 811. The molecule has 5 heteroatoms. The summed E-state index contributed by atoms with van der Waals surface area (Å²) < 4.78 is 0. The molecular formula is C22H26N2O3. The molecular weight excluding hydrogens is 340 g/mol. The molecule has 0 spiro atoms. The number of likely N-dealkylation sites (tertiary alicyclic amines) is 1. The number of carbonyl (C=O) groups excluding carboxylic acids is 1. The molecule has 1 amide bonds. The van der Waals surface area contributed by atoms with Gasteiger partial charge in [0, 0.05) is 17.8 Å². The minimum Gasteiger partial charge on any atom is -0.478 e. The van der Waals surface area contributed by atoms with Crippen molar-refractivity contribution in [2.45, 2.75) is 26.2 Å². The van der Waals surface area contributed by atoms with E-state index in [0.29, 0.717) is 5.56 Å². The van der Waals surface area contributed by atoms with Gasteiger partial charge < -0.3 is 15.3 Å². The summed E-state index contributed by atoms with van der Waals surface area (Å²) in [5, 5.41) is 11.9. The zero-order valence-corrected chi connectivity index (χ0v) is 15.6. The summed E-state index contributed by atoms with van der Waals surface area (Å²) in [6.07, 6.45) is 3.49. The van der Waals surface area contributed by atoms with Crippen molar-refractivity contribution in [3.05, 3.63) is 65.2 Å². The van der Waals surface area contributed by atoms with Gasteiger partial charge in [-0.1, -0.05) is 25.1 Å². The summed E-state index contributed by atoms with van der Waals surface area (Å²) in [6, 6.07) is 13.9. The SMILES string of the molecule is CC1CCN(CCc2cccc(NC(=O)c3cccc(C(=O)O)c3)c2)CC1. The van der Waals surface area contributed by atoms with E-state index in [-0.39, 0.29) is 11.5 Å². The monoisotopic (exact) mass is 366 g/mol. The second-order valence-electron chi connectivity index (χ2n) is 7.31. The van der Waals surface area contributed by atoms with Crippen LogP contribution in [-0.2, 0) is 6.42 Å². The molecule has 0 bridgehead atoms. The smallest absolute Gasteiger partial charge is 0.335 e. The number of amides is 1. The van der Waals surface area contributed by atoms with Gasteiger partial charge in [0.25, 0.3) is 5.91 Å². The molecule has 0 aliphatic carbocycles. The number of anilines is 1. The van der Waals surface area contributed by atoms with E-state index in [0.717, 1.165) is 37.7 Å². The Morgan fingerprint density at radius 3 is 2.52 bits per heavy atom. The Kier molecular flexibility index (Phi) is 6.24. The molecule has 0 saturated carbocycles. The van der Waals surface area contributed by atoms with Crippen LogP contribution in [0, 0.1) is 5.92 Å². The number of aromatic carboxylic acids is 1. The number of hydrogen-bond acceptors (Lipinski definition) is 3. The fraction of sp³-hybridized carbons (Fsp3) is 0.364. The van der Waals surface area contributed by atoms with Gasteiger partial charge in [-0.15, -0.1) is 0 Å². The number of carbonyl (C=O) groups is 2. The number of piperidine rings is 1. The van der Waals surface area contributed by atoms with Crippen LogP contribution in [0.4, 0.5) is 5.69 Å². The van der Waals surface area contributed by atoms with Crippen LogP contribution in [-0.4, -0.2) is 41.5 Å². The maximum atomic E-state index is 12.4. The largest absolute Gasteiger partial charge is 0.478 e. The van der Waals surface area contributed by atoms with E-state index in [1.165, 1.54) is 30.5 Å². The number of nitrogens with zero attached hydrogens (tertiary/aromatic N) is 1. The Morgan fingerprint density at radius 2 is 1.78 bits per heavy atom. The summed E-state index contributed by atoms with van der Waals surface area (Å²) in [5.74, 6) is -0.515. The van der Waals surface area contributed by atoms with Gasteiger partial charge in [0.1, 0.15) is 0 Å². The molecule has 0 atom stereocenters. The third-order valence-electron chi connectivity index (χ3n) is 5.15. The Hall–Kier alpha value is -2.66. The van der Waals surface area contributed by atoms with Crippen LogP contribution in [0.3, 0.4) is 0 Å². The molecule has 27 heavy (non-hydrogen) atoms. The molecule has 2 aromatic rings. The van der Waals surface area contributed by atoms with Gasteiger partial charge in [-0.25, -0.2) is 4.79 Å². The molecule has 1 fully saturated rings. The molecule has 142 valence electrons. The van der Waals surface area contributed by atoms with Crippen LogP contribution in [0.2, 0.25) is 0 Å². The van der Waals surface area contributed by atoms with Crippen LogP contribution < -0.4 is 5.32 Å². The van der Waals surface area contributed by atoms with E-state index in [2.05, 4.69) is 23.2 Å². The second-order valence-corrected chi connectivity index (χ2v) is 7.31. The molecule has 1 aliphatic heterocycles. The highest BCUT2D eigenvalue weighted by atomic mass is 16.4. The van der Waals surface area contributed by atoms with E-state index in [4.69, 9.17) is 5.11 Å². The predicted molar refractivity (Wildman–Crippen MR) is 106 cm³/mol. The molecule has 1 heterocycles. The van der Waals surface area contributed by atoms with Crippen molar-refractivity contribution in [2.75, 3.05) is 25.0 Å². The molecule has 1 saturated heterocycles. The lowest BCUT2D eigenvalue weighted by Crippen LogP contribution is -2.34. The summed E-state index contributed by atoms with van der Waals surface area (Å²) >= 11 is 0. The first-order valence-corrected chi connectivity index (χ1v) is 9.47. The van der Waals surface area contributed by atoms with Gasteiger partial charge in [0.2, 0.25) is 0 Å².